The highest BCUT2D eigenvalue weighted by molar-refractivity contribution is 8.16. The van der Waals surface area contributed by atoms with E-state index in [0.29, 0.717) is 22.9 Å². The lowest BCUT2D eigenvalue weighted by Gasteiger charge is -2.23. The van der Waals surface area contributed by atoms with Crippen molar-refractivity contribution in [2.75, 3.05) is 19.5 Å². The number of aryl methyl sites for hydroxylation is 2. The van der Waals surface area contributed by atoms with Crippen molar-refractivity contribution in [3.8, 4) is 11.5 Å². The van der Waals surface area contributed by atoms with Crippen molar-refractivity contribution in [2.24, 2.45) is 9.39 Å². The molecular weight excluding hydrogens is 512 g/mol. The van der Waals surface area contributed by atoms with Gasteiger partial charge < -0.3 is 9.47 Å². The third-order valence-corrected chi connectivity index (χ3v) is 7.14. The Morgan fingerprint density at radius 3 is 2.49 bits per heavy atom. The van der Waals surface area contributed by atoms with Gasteiger partial charge in [-0.2, -0.15) is 9.39 Å². The summed E-state index contributed by atoms with van der Waals surface area (Å²) in [7, 11) is -3.72. The Morgan fingerprint density at radius 2 is 1.83 bits per heavy atom. The van der Waals surface area contributed by atoms with Crippen LogP contribution in [0, 0.1) is 19.3 Å². The summed E-state index contributed by atoms with van der Waals surface area (Å²) in [5, 5.41) is 8.40. The molecule has 0 spiro atoms. The van der Waals surface area contributed by atoms with Gasteiger partial charge in [-0.15, -0.1) is 0 Å². The Balaban J connectivity index is 1.46. The molecule has 2 aliphatic heterocycles. The summed E-state index contributed by atoms with van der Waals surface area (Å²) in [4.78, 5) is 17.4. The Bertz CT molecular complexity index is 1410. The van der Waals surface area contributed by atoms with Gasteiger partial charge in [-0.1, -0.05) is 35.9 Å². The van der Waals surface area contributed by atoms with Crippen LogP contribution in [0.15, 0.2) is 51.4 Å². The Morgan fingerprint density at radius 1 is 1.14 bits per heavy atom. The first-order valence-corrected chi connectivity index (χ1v) is 13.4. The smallest absolute Gasteiger partial charge is 0.283 e. The third kappa shape index (κ3) is 5.26. The second kappa shape index (κ2) is 9.84. The fraction of sp³-hybridized carbons (Fsp3) is 0.217. The van der Waals surface area contributed by atoms with E-state index in [4.69, 9.17) is 26.5 Å². The molecule has 0 unspecified atom stereocenters. The van der Waals surface area contributed by atoms with E-state index in [9.17, 15) is 13.2 Å². The van der Waals surface area contributed by atoms with Crippen LogP contribution >= 0.6 is 23.5 Å². The number of halogens is 1. The van der Waals surface area contributed by atoms with Gasteiger partial charge in [0.15, 0.2) is 0 Å². The van der Waals surface area contributed by atoms with Gasteiger partial charge in [0, 0.05) is 6.26 Å². The summed E-state index contributed by atoms with van der Waals surface area (Å²) >= 11 is 7.10. The third-order valence-electron chi connectivity index (χ3n) is 5.09. The summed E-state index contributed by atoms with van der Waals surface area (Å²) in [5.74, 6) is 0.273. The molecule has 0 radical (unpaired) electrons. The zero-order valence-electron chi connectivity index (χ0n) is 19.0. The van der Waals surface area contributed by atoms with Crippen LogP contribution in [0.2, 0.25) is 5.02 Å². The zero-order chi connectivity index (χ0) is 25.3. The standard InChI is InChI=1S/C23H21ClN4O5S2/c1-13-5-4-6-14(2)19(13)33-10-9-32-18-8-7-15(12-17(18)24)11-16-20(25)28-22(26-21(16)29)34-27-23(28)35(3,30)31/h4-8,11-12,25H,9-10H2,1-3H3/b16-11-,25-20?. The van der Waals surface area contributed by atoms with Crippen molar-refractivity contribution < 1.29 is 22.7 Å². The highest BCUT2D eigenvalue weighted by Crippen LogP contribution is 2.31. The molecule has 2 heterocycles. The van der Waals surface area contributed by atoms with Gasteiger partial charge in [0.2, 0.25) is 20.2 Å². The molecule has 35 heavy (non-hydrogen) atoms. The largest absolute Gasteiger partial charge is 0.489 e. The average molecular weight is 533 g/mol. The van der Waals surface area contributed by atoms with Gasteiger partial charge in [0.05, 0.1) is 22.5 Å². The number of amides is 1. The lowest BCUT2D eigenvalue weighted by molar-refractivity contribution is -0.114. The van der Waals surface area contributed by atoms with Crippen LogP contribution in [0.4, 0.5) is 0 Å². The molecule has 182 valence electrons. The lowest BCUT2D eigenvalue weighted by Crippen LogP contribution is -2.45. The van der Waals surface area contributed by atoms with Gasteiger partial charge in [-0.3, -0.25) is 10.2 Å². The first-order chi connectivity index (χ1) is 16.6. The normalized spacial score (nSPS) is 16.8. The number of amidine groups is 3. The van der Waals surface area contributed by atoms with Crippen LogP contribution in [0.3, 0.4) is 0 Å². The molecule has 4 rings (SSSR count). The maximum absolute atomic E-state index is 12.5. The second-order valence-electron chi connectivity index (χ2n) is 7.79. The molecule has 0 atom stereocenters. The van der Waals surface area contributed by atoms with E-state index in [1.54, 1.807) is 18.2 Å². The number of nitrogens with zero attached hydrogens (tertiary/aromatic N) is 3. The van der Waals surface area contributed by atoms with E-state index in [1.807, 2.05) is 32.0 Å². The van der Waals surface area contributed by atoms with Gasteiger partial charge in [0.25, 0.3) is 5.91 Å². The maximum atomic E-state index is 12.5. The molecule has 0 fully saturated rings. The van der Waals surface area contributed by atoms with Crippen LogP contribution in [-0.4, -0.2) is 54.9 Å². The quantitative estimate of drug-likeness (QED) is 0.338. The van der Waals surface area contributed by atoms with E-state index in [-0.39, 0.29) is 28.4 Å². The molecule has 1 amide bonds. The topological polar surface area (TPSA) is 121 Å². The predicted molar refractivity (Wildman–Crippen MR) is 138 cm³/mol. The van der Waals surface area contributed by atoms with Crippen LogP contribution in [0.5, 0.6) is 11.5 Å². The van der Waals surface area contributed by atoms with Crippen molar-refractivity contribution in [3.63, 3.8) is 0 Å². The van der Waals surface area contributed by atoms with Crippen LogP contribution in [0.25, 0.3) is 6.08 Å². The number of para-hydroxylation sites is 1. The number of hydrogen-bond acceptors (Lipinski definition) is 8. The van der Waals surface area contributed by atoms with Crippen molar-refractivity contribution in [1.29, 1.82) is 5.41 Å². The van der Waals surface area contributed by atoms with E-state index in [1.165, 1.54) is 6.08 Å². The number of sulfone groups is 1. The molecule has 0 bridgehead atoms. The summed E-state index contributed by atoms with van der Waals surface area (Å²) in [5.41, 5.74) is 2.52. The minimum atomic E-state index is -3.72. The maximum Gasteiger partial charge on any atom is 0.283 e. The zero-order valence-corrected chi connectivity index (χ0v) is 21.4. The number of hydrogen-bond donors (Lipinski definition) is 1. The number of fused-ring (bicyclic) bond motifs is 1. The molecule has 0 saturated carbocycles. The number of aliphatic imine (C=N–C) groups is 1. The Hall–Kier alpha value is -3.15. The van der Waals surface area contributed by atoms with Crippen LogP contribution in [0.1, 0.15) is 16.7 Å². The SMILES string of the molecule is Cc1cccc(C)c1OCCOc1ccc(/C=C2/C(=N)N3C(=NC2=O)SN=C3S(C)(=O)=O)cc1Cl. The van der Waals surface area contributed by atoms with Gasteiger partial charge >= 0.3 is 0 Å². The van der Waals surface area contributed by atoms with Crippen molar-refractivity contribution in [2.45, 2.75) is 13.8 Å². The first kappa shape index (κ1) is 25.0. The highest BCUT2D eigenvalue weighted by Gasteiger charge is 2.41. The number of ether oxygens (including phenoxy) is 2. The fourth-order valence-corrected chi connectivity index (χ4v) is 5.54. The summed E-state index contributed by atoms with van der Waals surface area (Å²) in [6.07, 6.45) is 2.40. The van der Waals surface area contributed by atoms with Gasteiger partial charge in [-0.05, 0) is 48.7 Å². The molecular formula is C23H21ClN4O5S2. The summed E-state index contributed by atoms with van der Waals surface area (Å²) in [6, 6.07) is 10.8. The Kier molecular flexibility index (Phi) is 7.02. The van der Waals surface area contributed by atoms with Crippen LogP contribution in [-0.2, 0) is 14.6 Å². The van der Waals surface area contributed by atoms with E-state index < -0.39 is 15.7 Å². The Labute approximate surface area is 212 Å². The highest BCUT2D eigenvalue weighted by atomic mass is 35.5. The van der Waals surface area contributed by atoms with E-state index >= 15 is 0 Å². The second-order valence-corrected chi connectivity index (χ2v) is 10.8. The molecule has 12 heteroatoms. The number of carbonyl (C=O) groups is 1. The molecule has 0 aromatic heterocycles. The van der Waals surface area contributed by atoms with Crippen LogP contribution < -0.4 is 9.47 Å². The first-order valence-electron chi connectivity index (χ1n) is 10.4. The summed E-state index contributed by atoms with van der Waals surface area (Å²) < 4.78 is 39.4. The van der Waals surface area contributed by atoms with Crippen molar-refractivity contribution >= 4 is 61.5 Å². The van der Waals surface area contributed by atoms with E-state index in [0.717, 1.165) is 40.0 Å². The number of rotatable bonds is 6. The molecule has 0 aliphatic carbocycles. The lowest BCUT2D eigenvalue weighted by atomic mass is 10.1. The van der Waals surface area contributed by atoms with Gasteiger partial charge in [-0.25, -0.2) is 13.3 Å². The fourth-order valence-electron chi connectivity index (χ4n) is 3.45. The summed E-state index contributed by atoms with van der Waals surface area (Å²) in [6.45, 7) is 4.56. The van der Waals surface area contributed by atoms with Crippen molar-refractivity contribution in [1.82, 2.24) is 4.90 Å². The molecule has 2 aromatic carbocycles. The minimum Gasteiger partial charge on any atom is -0.489 e. The number of carbonyl (C=O) groups excluding carboxylic acids is 1. The molecule has 2 aromatic rings. The minimum absolute atomic E-state index is 0.0301. The predicted octanol–water partition coefficient (Wildman–Crippen LogP) is 4.04. The average Bonchev–Trinajstić information content (AvgIpc) is 3.21. The molecule has 2 aliphatic rings. The van der Waals surface area contributed by atoms with E-state index in [2.05, 4.69) is 9.39 Å². The number of nitrogens with one attached hydrogen (secondary N) is 1. The molecule has 9 nitrogen and oxygen atoms in total. The molecule has 1 N–H and O–H groups in total. The number of benzene rings is 2. The van der Waals surface area contributed by atoms with Gasteiger partial charge in [0.1, 0.15) is 30.5 Å². The van der Waals surface area contributed by atoms with Crippen molar-refractivity contribution in [3.05, 3.63) is 63.7 Å². The molecule has 0 saturated heterocycles. The monoisotopic (exact) mass is 532 g/mol.